The Labute approximate surface area is 135 Å². The third-order valence-electron chi connectivity index (χ3n) is 3.52. The molecule has 108 valence electrons. The summed E-state index contributed by atoms with van der Waals surface area (Å²) < 4.78 is 5.94. The first-order chi connectivity index (χ1) is 10.3. The maximum Gasteiger partial charge on any atom is 0.124 e. The molecule has 21 heavy (non-hydrogen) atoms. The number of ether oxygens (including phenoxy) is 1. The van der Waals surface area contributed by atoms with Crippen LogP contribution in [0, 0.1) is 0 Å². The van der Waals surface area contributed by atoms with E-state index in [0.717, 1.165) is 35.6 Å². The SMILES string of the molecule is Clc1cccc2c1CCC/C(=C\Sc1ccccc1)CO2. The molecule has 1 nitrogen and oxygen atoms in total. The first kappa shape index (κ1) is 14.6. The fraction of sp³-hybridized carbons (Fsp3) is 0.222. The Morgan fingerprint density at radius 3 is 2.71 bits per heavy atom. The number of thioether (sulfide) groups is 1. The van der Waals surface area contributed by atoms with Crippen molar-refractivity contribution < 1.29 is 4.74 Å². The first-order valence-electron chi connectivity index (χ1n) is 7.13. The molecule has 0 amide bonds. The zero-order chi connectivity index (χ0) is 14.5. The summed E-state index contributed by atoms with van der Waals surface area (Å²) in [7, 11) is 0. The van der Waals surface area contributed by atoms with Gasteiger partial charge in [0.2, 0.25) is 0 Å². The Kier molecular flexibility index (Phi) is 4.89. The minimum Gasteiger partial charge on any atom is -0.489 e. The maximum atomic E-state index is 6.25. The summed E-state index contributed by atoms with van der Waals surface area (Å²) in [6.07, 6.45) is 3.15. The molecule has 0 saturated carbocycles. The van der Waals surface area contributed by atoms with Crippen molar-refractivity contribution in [2.24, 2.45) is 0 Å². The molecule has 0 bridgehead atoms. The van der Waals surface area contributed by atoms with E-state index in [9.17, 15) is 0 Å². The minimum absolute atomic E-state index is 0.646. The Bertz CT molecular complexity index is 637. The monoisotopic (exact) mass is 316 g/mol. The van der Waals surface area contributed by atoms with Gasteiger partial charge in [0.05, 0.1) is 0 Å². The van der Waals surface area contributed by atoms with Gasteiger partial charge >= 0.3 is 0 Å². The lowest BCUT2D eigenvalue weighted by Crippen LogP contribution is -2.07. The van der Waals surface area contributed by atoms with Gasteiger partial charge in [-0.15, -0.1) is 0 Å². The van der Waals surface area contributed by atoms with Crippen molar-refractivity contribution in [2.75, 3.05) is 6.61 Å². The highest BCUT2D eigenvalue weighted by molar-refractivity contribution is 8.02. The molecule has 1 aliphatic heterocycles. The van der Waals surface area contributed by atoms with E-state index in [1.54, 1.807) is 11.8 Å². The topological polar surface area (TPSA) is 9.23 Å². The molecule has 0 saturated heterocycles. The molecule has 0 aliphatic carbocycles. The molecule has 0 N–H and O–H groups in total. The molecule has 0 atom stereocenters. The molecule has 2 aromatic carbocycles. The smallest absolute Gasteiger partial charge is 0.124 e. The summed E-state index contributed by atoms with van der Waals surface area (Å²) in [5, 5.41) is 3.05. The average Bonchev–Trinajstić information content (AvgIpc) is 2.49. The number of hydrogen-bond donors (Lipinski definition) is 0. The van der Waals surface area contributed by atoms with Crippen molar-refractivity contribution in [3.63, 3.8) is 0 Å². The standard InChI is InChI=1S/C18H17ClOS/c19-17-10-5-11-18-16(17)9-4-6-14(12-20-18)13-21-15-7-2-1-3-8-15/h1-3,5,7-8,10-11,13H,4,6,9,12H2/b14-13+. The second kappa shape index (κ2) is 7.06. The minimum atomic E-state index is 0.646. The largest absolute Gasteiger partial charge is 0.489 e. The number of fused-ring (bicyclic) bond motifs is 1. The molecule has 3 heteroatoms. The van der Waals surface area contributed by atoms with E-state index < -0.39 is 0 Å². The normalized spacial score (nSPS) is 16.7. The van der Waals surface area contributed by atoms with Crippen LogP contribution in [0.4, 0.5) is 0 Å². The van der Waals surface area contributed by atoms with Gasteiger partial charge in [-0.2, -0.15) is 0 Å². The molecule has 3 rings (SSSR count). The molecule has 0 radical (unpaired) electrons. The van der Waals surface area contributed by atoms with Crippen LogP contribution in [0.15, 0.2) is 64.4 Å². The maximum absolute atomic E-state index is 6.25. The van der Waals surface area contributed by atoms with E-state index in [-0.39, 0.29) is 0 Å². The molecular weight excluding hydrogens is 300 g/mol. The number of halogens is 1. The van der Waals surface area contributed by atoms with E-state index in [1.165, 1.54) is 10.5 Å². The van der Waals surface area contributed by atoms with Gasteiger partial charge in [0.1, 0.15) is 12.4 Å². The average molecular weight is 317 g/mol. The lowest BCUT2D eigenvalue weighted by Gasteiger charge is -2.18. The van der Waals surface area contributed by atoms with Gasteiger partial charge in [-0.05, 0) is 54.5 Å². The van der Waals surface area contributed by atoms with E-state index in [2.05, 4.69) is 29.7 Å². The summed E-state index contributed by atoms with van der Waals surface area (Å²) in [6.45, 7) is 0.646. The van der Waals surface area contributed by atoms with Gasteiger partial charge in [0.25, 0.3) is 0 Å². The van der Waals surface area contributed by atoms with Crippen LogP contribution in [0.3, 0.4) is 0 Å². The number of rotatable bonds is 2. The lowest BCUT2D eigenvalue weighted by molar-refractivity contribution is 0.337. The summed E-state index contributed by atoms with van der Waals surface area (Å²) in [5.41, 5.74) is 2.49. The van der Waals surface area contributed by atoms with Crippen LogP contribution < -0.4 is 4.74 Å². The van der Waals surface area contributed by atoms with Crippen LogP contribution in [0.2, 0.25) is 5.02 Å². The molecule has 1 heterocycles. The molecule has 0 spiro atoms. The second-order valence-corrected chi connectivity index (χ2v) is 6.42. The van der Waals surface area contributed by atoms with Gasteiger partial charge in [-0.3, -0.25) is 0 Å². The molecule has 2 aromatic rings. The molecule has 0 aromatic heterocycles. The summed E-state index contributed by atoms with van der Waals surface area (Å²) >= 11 is 8.01. The second-order valence-electron chi connectivity index (χ2n) is 5.07. The summed E-state index contributed by atoms with van der Waals surface area (Å²) in [6, 6.07) is 16.3. The van der Waals surface area contributed by atoms with Crippen molar-refractivity contribution >= 4 is 23.4 Å². The molecule has 1 aliphatic rings. The highest BCUT2D eigenvalue weighted by Crippen LogP contribution is 2.31. The first-order valence-corrected chi connectivity index (χ1v) is 8.38. The number of benzene rings is 2. The third kappa shape index (κ3) is 3.84. The Morgan fingerprint density at radius 2 is 1.86 bits per heavy atom. The quantitative estimate of drug-likeness (QED) is 0.654. The van der Waals surface area contributed by atoms with Crippen LogP contribution >= 0.6 is 23.4 Å². The van der Waals surface area contributed by atoms with Gasteiger partial charge in [-0.25, -0.2) is 0 Å². The fourth-order valence-corrected chi connectivity index (χ4v) is 3.46. The van der Waals surface area contributed by atoms with Gasteiger partial charge in [0.15, 0.2) is 0 Å². The van der Waals surface area contributed by atoms with Crippen molar-refractivity contribution in [1.29, 1.82) is 0 Å². The summed E-state index contributed by atoms with van der Waals surface area (Å²) in [4.78, 5) is 1.26. The zero-order valence-electron chi connectivity index (χ0n) is 11.7. The van der Waals surface area contributed by atoms with Crippen molar-refractivity contribution in [2.45, 2.75) is 24.2 Å². The Balaban J connectivity index is 1.71. The molecular formula is C18H17ClOS. The van der Waals surface area contributed by atoms with E-state index >= 15 is 0 Å². The third-order valence-corrected chi connectivity index (χ3v) is 4.87. The fourth-order valence-electron chi connectivity index (χ4n) is 2.39. The van der Waals surface area contributed by atoms with Gasteiger partial charge in [0, 0.05) is 15.5 Å². The molecule has 0 unspecified atom stereocenters. The van der Waals surface area contributed by atoms with Crippen LogP contribution in [0.25, 0.3) is 0 Å². The summed E-state index contributed by atoms with van der Waals surface area (Å²) in [5.74, 6) is 0.929. The van der Waals surface area contributed by atoms with Crippen LogP contribution in [-0.2, 0) is 6.42 Å². The van der Waals surface area contributed by atoms with Gasteiger partial charge in [-0.1, -0.05) is 47.6 Å². The highest BCUT2D eigenvalue weighted by Gasteiger charge is 2.12. The Morgan fingerprint density at radius 1 is 1.00 bits per heavy atom. The van der Waals surface area contributed by atoms with Crippen LogP contribution in [-0.4, -0.2) is 6.61 Å². The Hall–Kier alpha value is -1.38. The number of hydrogen-bond acceptors (Lipinski definition) is 2. The lowest BCUT2D eigenvalue weighted by atomic mass is 10.0. The van der Waals surface area contributed by atoms with E-state index in [0.29, 0.717) is 6.61 Å². The van der Waals surface area contributed by atoms with Gasteiger partial charge < -0.3 is 4.74 Å². The predicted octanol–water partition coefficient (Wildman–Crippen LogP) is 5.73. The van der Waals surface area contributed by atoms with E-state index in [1.807, 2.05) is 24.3 Å². The predicted molar refractivity (Wildman–Crippen MR) is 90.3 cm³/mol. The zero-order valence-corrected chi connectivity index (χ0v) is 13.3. The van der Waals surface area contributed by atoms with Crippen LogP contribution in [0.5, 0.6) is 5.75 Å². The highest BCUT2D eigenvalue weighted by atomic mass is 35.5. The van der Waals surface area contributed by atoms with Crippen molar-refractivity contribution in [3.05, 3.63) is 70.1 Å². The van der Waals surface area contributed by atoms with Crippen LogP contribution in [0.1, 0.15) is 18.4 Å². The van der Waals surface area contributed by atoms with Crippen molar-refractivity contribution in [3.8, 4) is 5.75 Å². The van der Waals surface area contributed by atoms with E-state index in [4.69, 9.17) is 16.3 Å². The van der Waals surface area contributed by atoms with Crippen molar-refractivity contribution in [1.82, 2.24) is 0 Å². The molecule has 0 fully saturated rings.